The Labute approximate surface area is 137 Å². The molecule has 2 heterocycles. The van der Waals surface area contributed by atoms with Crippen molar-refractivity contribution >= 4 is 21.8 Å². The number of benzene rings is 1. The number of fused-ring (bicyclic) bond motifs is 1. The van der Waals surface area contributed by atoms with Gasteiger partial charge >= 0.3 is 0 Å². The van der Waals surface area contributed by atoms with E-state index in [0.29, 0.717) is 17.8 Å². The van der Waals surface area contributed by atoms with Gasteiger partial charge in [0.1, 0.15) is 17.2 Å². The molecule has 0 saturated carbocycles. The van der Waals surface area contributed by atoms with E-state index in [2.05, 4.69) is 27.8 Å². The minimum Gasteiger partial charge on any atom is -0.376 e. The monoisotopic (exact) mass is 368 g/mol. The first-order valence-corrected chi connectivity index (χ1v) is 7.96. The Balaban J connectivity index is 2.16. The van der Waals surface area contributed by atoms with Crippen molar-refractivity contribution in [2.24, 2.45) is 5.92 Å². The second kappa shape index (κ2) is 5.35. The summed E-state index contributed by atoms with van der Waals surface area (Å²) in [4.78, 5) is 14.2. The third-order valence-electron chi connectivity index (χ3n) is 4.57. The van der Waals surface area contributed by atoms with E-state index in [0.717, 1.165) is 4.47 Å². The molecule has 0 aromatic heterocycles. The smallest absolute Gasteiger partial charge is 0.233 e. The molecule has 2 fully saturated rings. The number of rotatable bonds is 1. The summed E-state index contributed by atoms with van der Waals surface area (Å²) in [6.07, 6.45) is 0.494. The summed E-state index contributed by atoms with van der Waals surface area (Å²) in [5, 5.41) is 3.24. The summed E-state index contributed by atoms with van der Waals surface area (Å²) in [5.74, 6) is -0.350. The molecule has 0 bridgehead atoms. The summed E-state index contributed by atoms with van der Waals surface area (Å²) in [5.41, 5.74) is -0.484. The lowest BCUT2D eigenvalue weighted by molar-refractivity contribution is -0.153. The Morgan fingerprint density at radius 3 is 3.00 bits per heavy atom. The van der Waals surface area contributed by atoms with Gasteiger partial charge in [-0.05, 0) is 31.5 Å². The van der Waals surface area contributed by atoms with Gasteiger partial charge in [-0.15, -0.1) is 0 Å². The van der Waals surface area contributed by atoms with E-state index < -0.39 is 11.5 Å². The number of nitrogens with zero attached hydrogens (tertiary/aromatic N) is 1. The Morgan fingerprint density at radius 2 is 2.27 bits per heavy atom. The summed E-state index contributed by atoms with van der Waals surface area (Å²) < 4.78 is 21.0. The number of hydrogen-bond donors (Lipinski definition) is 1. The van der Waals surface area contributed by atoms with E-state index in [1.165, 1.54) is 11.0 Å². The molecule has 2 saturated heterocycles. The van der Waals surface area contributed by atoms with Gasteiger partial charge in [-0.2, -0.15) is 0 Å². The van der Waals surface area contributed by atoms with Crippen molar-refractivity contribution < 1.29 is 13.9 Å². The van der Waals surface area contributed by atoms with Crippen molar-refractivity contribution in [3.05, 3.63) is 46.5 Å². The van der Waals surface area contributed by atoms with Crippen molar-refractivity contribution in [1.82, 2.24) is 10.2 Å². The fraction of sp³-hybridized carbons (Fsp3) is 0.438. The van der Waals surface area contributed by atoms with Crippen LogP contribution in [0.2, 0.25) is 0 Å². The maximum Gasteiger partial charge on any atom is 0.233 e. The van der Waals surface area contributed by atoms with Gasteiger partial charge in [-0.1, -0.05) is 22.5 Å². The first-order chi connectivity index (χ1) is 10.3. The van der Waals surface area contributed by atoms with E-state index in [1.807, 2.05) is 6.92 Å². The van der Waals surface area contributed by atoms with Gasteiger partial charge in [-0.3, -0.25) is 4.79 Å². The summed E-state index contributed by atoms with van der Waals surface area (Å²) in [7, 11) is 1.68. The highest BCUT2D eigenvalue weighted by molar-refractivity contribution is 9.10. The number of amides is 1. The van der Waals surface area contributed by atoms with Gasteiger partial charge in [0.05, 0.1) is 18.6 Å². The van der Waals surface area contributed by atoms with Gasteiger partial charge < -0.3 is 15.0 Å². The molecule has 0 unspecified atom stereocenters. The molecule has 6 heteroatoms. The molecule has 1 amide bonds. The zero-order valence-electron chi connectivity index (χ0n) is 12.5. The average molecular weight is 369 g/mol. The average Bonchev–Trinajstić information content (AvgIpc) is 2.49. The minimum absolute atomic E-state index is 0.0427. The van der Waals surface area contributed by atoms with Gasteiger partial charge in [0, 0.05) is 17.1 Å². The number of ether oxygens (including phenoxy) is 1. The first kappa shape index (κ1) is 15.5. The highest BCUT2D eigenvalue weighted by Gasteiger charge is 2.54. The van der Waals surface area contributed by atoms with E-state index in [9.17, 15) is 9.18 Å². The molecular formula is C16H18BrFN2O2. The predicted molar refractivity (Wildman–Crippen MR) is 84.3 cm³/mol. The Morgan fingerprint density at radius 1 is 1.55 bits per heavy atom. The molecule has 0 spiro atoms. The molecule has 1 aromatic rings. The predicted octanol–water partition coefficient (Wildman–Crippen LogP) is 2.74. The molecule has 3 rings (SSSR count). The molecule has 1 aromatic carbocycles. The van der Waals surface area contributed by atoms with Crippen LogP contribution in [0, 0.1) is 11.7 Å². The van der Waals surface area contributed by atoms with Gasteiger partial charge in [0.15, 0.2) is 0 Å². The molecule has 1 N–H and O–H groups in total. The first-order valence-electron chi connectivity index (χ1n) is 7.17. The highest BCUT2D eigenvalue weighted by atomic mass is 79.9. The zero-order valence-corrected chi connectivity index (χ0v) is 14.1. The summed E-state index contributed by atoms with van der Waals surface area (Å²) in [6, 6.07) is 4.75. The number of carbonyl (C=O) groups excluding carboxylic acids is 1. The van der Waals surface area contributed by atoms with Crippen LogP contribution in [-0.2, 0) is 15.1 Å². The fourth-order valence-electron chi connectivity index (χ4n) is 3.29. The van der Waals surface area contributed by atoms with E-state index >= 15 is 0 Å². The lowest BCUT2D eigenvalue weighted by atomic mass is 9.72. The van der Waals surface area contributed by atoms with Gasteiger partial charge in [0.25, 0.3) is 0 Å². The zero-order chi connectivity index (χ0) is 16.1. The van der Waals surface area contributed by atoms with Crippen LogP contribution in [0.25, 0.3) is 0 Å². The van der Waals surface area contributed by atoms with Crippen molar-refractivity contribution in [3.63, 3.8) is 0 Å². The quantitative estimate of drug-likeness (QED) is 0.828. The van der Waals surface area contributed by atoms with E-state index in [-0.39, 0.29) is 24.4 Å². The molecule has 22 heavy (non-hydrogen) atoms. The van der Waals surface area contributed by atoms with E-state index in [4.69, 9.17) is 4.74 Å². The molecule has 0 aliphatic carbocycles. The molecule has 3 atom stereocenters. The maximum absolute atomic E-state index is 14.5. The normalized spacial score (nSPS) is 31.7. The minimum atomic E-state index is -0.916. The third-order valence-corrected chi connectivity index (χ3v) is 5.06. The van der Waals surface area contributed by atoms with Crippen LogP contribution in [0.1, 0.15) is 18.9 Å². The lowest BCUT2D eigenvalue weighted by Gasteiger charge is -2.51. The van der Waals surface area contributed by atoms with Crippen LogP contribution >= 0.6 is 15.9 Å². The van der Waals surface area contributed by atoms with Gasteiger partial charge in [0.2, 0.25) is 5.91 Å². The van der Waals surface area contributed by atoms with Crippen molar-refractivity contribution in [2.75, 3.05) is 13.7 Å². The topological polar surface area (TPSA) is 41.6 Å². The van der Waals surface area contributed by atoms with Crippen molar-refractivity contribution in [3.8, 4) is 0 Å². The van der Waals surface area contributed by atoms with Crippen LogP contribution in [-0.4, -0.2) is 30.6 Å². The van der Waals surface area contributed by atoms with Crippen molar-refractivity contribution in [1.29, 1.82) is 0 Å². The second-order valence-electron chi connectivity index (χ2n) is 5.97. The van der Waals surface area contributed by atoms with Crippen LogP contribution < -0.4 is 5.32 Å². The number of nitrogens with one attached hydrogen (secondary N) is 1. The Bertz CT molecular complexity index is 651. The fourth-order valence-corrected chi connectivity index (χ4v) is 3.65. The molecule has 0 radical (unpaired) electrons. The largest absolute Gasteiger partial charge is 0.376 e. The maximum atomic E-state index is 14.5. The molecule has 4 nitrogen and oxygen atoms in total. The summed E-state index contributed by atoms with van der Waals surface area (Å²) in [6.45, 7) is 6.04. The number of halogens is 2. The molecule has 2 aliphatic rings. The Hall–Kier alpha value is -1.40. The molecule has 2 aliphatic heterocycles. The standard InChI is InChI=1S/C16H18BrFN2O2/c1-9-6-13-15(21)20(3)10(2)19-16(13,8-22-9)12-7-11(17)4-5-14(12)18/h4-5,7,9,13,19H,2,6,8H2,1,3H3/t9-,13-,16+/m0/s1. The second-order valence-corrected chi connectivity index (χ2v) is 6.89. The number of hydrogen-bond acceptors (Lipinski definition) is 3. The van der Waals surface area contributed by atoms with Crippen LogP contribution in [0.3, 0.4) is 0 Å². The summed E-state index contributed by atoms with van der Waals surface area (Å²) >= 11 is 3.38. The number of carbonyl (C=O) groups is 1. The molecular weight excluding hydrogens is 351 g/mol. The third kappa shape index (κ3) is 2.25. The van der Waals surface area contributed by atoms with E-state index in [1.54, 1.807) is 19.2 Å². The van der Waals surface area contributed by atoms with Gasteiger partial charge in [-0.25, -0.2) is 4.39 Å². The van der Waals surface area contributed by atoms with Crippen LogP contribution in [0.5, 0.6) is 0 Å². The SMILES string of the molecule is C=C1N[C@@]2(c3cc(Br)ccc3F)CO[C@@H](C)C[C@H]2C(=O)N1C. The highest BCUT2D eigenvalue weighted by Crippen LogP contribution is 2.43. The lowest BCUT2D eigenvalue weighted by Crippen LogP contribution is -2.65. The van der Waals surface area contributed by atoms with Crippen LogP contribution in [0.15, 0.2) is 35.1 Å². The Kier molecular flexibility index (Phi) is 3.77. The molecule has 118 valence electrons. The van der Waals surface area contributed by atoms with Crippen LogP contribution in [0.4, 0.5) is 4.39 Å². The van der Waals surface area contributed by atoms with Crippen molar-refractivity contribution in [2.45, 2.75) is 25.0 Å².